The number of nitrogens with zero attached hydrogens (tertiary/aromatic N) is 1. The summed E-state index contributed by atoms with van der Waals surface area (Å²) >= 11 is 0. The summed E-state index contributed by atoms with van der Waals surface area (Å²) in [6.45, 7) is 0.0767. The highest BCUT2D eigenvalue weighted by Crippen LogP contribution is 2.02. The van der Waals surface area contributed by atoms with Crippen molar-refractivity contribution in [2.24, 2.45) is 0 Å². The van der Waals surface area contributed by atoms with Gasteiger partial charge in [0.15, 0.2) is 5.76 Å². The van der Waals surface area contributed by atoms with Crippen LogP contribution >= 0.6 is 0 Å². The minimum atomic E-state index is -1.22. The number of aromatic nitrogens is 1. The van der Waals surface area contributed by atoms with Crippen LogP contribution in [0.4, 0.5) is 4.79 Å². The molecular weight excluding hydrogens is 270 g/mol. The molecule has 1 rings (SSSR count). The maximum absolute atomic E-state index is 11.5. The lowest BCUT2D eigenvalue weighted by molar-refractivity contribution is -0.140. The van der Waals surface area contributed by atoms with Gasteiger partial charge in [0.1, 0.15) is 6.04 Å². The second kappa shape index (κ2) is 7.77. The summed E-state index contributed by atoms with van der Waals surface area (Å²) in [5.74, 6) is -1.80. The van der Waals surface area contributed by atoms with Crippen molar-refractivity contribution in [2.45, 2.75) is 31.8 Å². The van der Waals surface area contributed by atoms with Crippen LogP contribution in [0.25, 0.3) is 0 Å². The van der Waals surface area contributed by atoms with Gasteiger partial charge in [-0.3, -0.25) is 4.79 Å². The molecule has 2 amide bonds. The summed E-state index contributed by atoms with van der Waals surface area (Å²) in [7, 11) is 0. The van der Waals surface area contributed by atoms with Gasteiger partial charge in [0.05, 0.1) is 12.7 Å². The zero-order valence-corrected chi connectivity index (χ0v) is 10.5. The molecule has 1 aromatic rings. The van der Waals surface area contributed by atoms with Crippen molar-refractivity contribution in [1.29, 1.82) is 0 Å². The number of urea groups is 1. The van der Waals surface area contributed by atoms with Crippen molar-refractivity contribution in [1.82, 2.24) is 15.8 Å². The van der Waals surface area contributed by atoms with Gasteiger partial charge in [-0.1, -0.05) is 5.16 Å². The fourth-order valence-electron chi connectivity index (χ4n) is 1.42. The van der Waals surface area contributed by atoms with Crippen molar-refractivity contribution in [2.75, 3.05) is 0 Å². The average Bonchev–Trinajstić information content (AvgIpc) is 2.87. The Morgan fingerprint density at radius 1 is 1.35 bits per heavy atom. The Hall–Kier alpha value is -2.58. The number of carboxylic acids is 2. The number of hydrogen-bond donors (Lipinski definition) is 4. The molecule has 0 fully saturated rings. The first-order valence-electron chi connectivity index (χ1n) is 5.87. The summed E-state index contributed by atoms with van der Waals surface area (Å²) in [4.78, 5) is 32.8. The Labute approximate surface area is 113 Å². The van der Waals surface area contributed by atoms with Crippen LogP contribution in [-0.4, -0.2) is 39.4 Å². The van der Waals surface area contributed by atoms with E-state index in [1.165, 1.54) is 6.20 Å². The Morgan fingerprint density at radius 3 is 2.65 bits per heavy atom. The van der Waals surface area contributed by atoms with Crippen LogP contribution in [0.3, 0.4) is 0 Å². The zero-order chi connectivity index (χ0) is 15.0. The Balaban J connectivity index is 2.34. The number of aliphatic carboxylic acids is 2. The molecule has 1 atom stereocenters. The van der Waals surface area contributed by atoms with Crippen molar-refractivity contribution >= 4 is 18.0 Å². The van der Waals surface area contributed by atoms with Gasteiger partial charge in [0.2, 0.25) is 0 Å². The van der Waals surface area contributed by atoms with Gasteiger partial charge in [-0.15, -0.1) is 0 Å². The third kappa shape index (κ3) is 5.85. The molecule has 0 radical (unpaired) electrons. The lowest BCUT2D eigenvalue weighted by Crippen LogP contribution is -2.45. The molecule has 9 heteroatoms. The fraction of sp³-hybridized carbons (Fsp3) is 0.455. The van der Waals surface area contributed by atoms with Gasteiger partial charge in [0.25, 0.3) is 0 Å². The van der Waals surface area contributed by atoms with E-state index in [1.807, 2.05) is 0 Å². The highest BCUT2D eigenvalue weighted by atomic mass is 16.5. The first kappa shape index (κ1) is 15.5. The van der Waals surface area contributed by atoms with E-state index < -0.39 is 24.0 Å². The molecule has 0 spiro atoms. The predicted molar refractivity (Wildman–Crippen MR) is 64.8 cm³/mol. The molecule has 0 aromatic carbocycles. The van der Waals surface area contributed by atoms with Gasteiger partial charge >= 0.3 is 18.0 Å². The summed E-state index contributed by atoms with van der Waals surface area (Å²) in [5.41, 5.74) is 0. The minimum Gasteiger partial charge on any atom is -0.481 e. The molecule has 0 aliphatic rings. The lowest BCUT2D eigenvalue weighted by Gasteiger charge is -2.14. The molecule has 0 saturated carbocycles. The van der Waals surface area contributed by atoms with Crippen molar-refractivity contribution in [3.63, 3.8) is 0 Å². The van der Waals surface area contributed by atoms with Crippen LogP contribution in [-0.2, 0) is 16.1 Å². The van der Waals surface area contributed by atoms with Crippen LogP contribution in [0, 0.1) is 0 Å². The number of amides is 2. The van der Waals surface area contributed by atoms with Crippen LogP contribution in [0.15, 0.2) is 16.8 Å². The van der Waals surface area contributed by atoms with Gasteiger partial charge in [-0.25, -0.2) is 9.59 Å². The van der Waals surface area contributed by atoms with E-state index in [4.69, 9.17) is 14.7 Å². The Kier molecular flexibility index (Phi) is 6.01. The molecule has 20 heavy (non-hydrogen) atoms. The molecule has 0 saturated heterocycles. The summed E-state index contributed by atoms with van der Waals surface area (Å²) < 4.78 is 4.75. The number of hydrogen-bond acceptors (Lipinski definition) is 5. The molecule has 9 nitrogen and oxygen atoms in total. The summed E-state index contributed by atoms with van der Waals surface area (Å²) in [6.07, 6.45) is 1.47. The van der Waals surface area contributed by atoms with Crippen molar-refractivity contribution in [3.8, 4) is 0 Å². The van der Waals surface area contributed by atoms with E-state index in [1.54, 1.807) is 6.07 Å². The van der Waals surface area contributed by atoms with Gasteiger partial charge in [0, 0.05) is 12.5 Å². The third-order valence-corrected chi connectivity index (χ3v) is 2.40. The number of nitrogens with one attached hydrogen (secondary N) is 2. The quantitative estimate of drug-likeness (QED) is 0.533. The molecule has 0 aliphatic carbocycles. The standard InChI is InChI=1S/C11H15N3O6/c15-9(16)3-1-2-8(10(17)18)14-11(19)12-6-7-4-5-13-20-7/h4-5,8H,1-3,6H2,(H,15,16)(H,17,18)(H2,12,14,19)/t8-/m1/s1. The largest absolute Gasteiger partial charge is 0.481 e. The van der Waals surface area contributed by atoms with E-state index in [2.05, 4.69) is 15.8 Å². The molecule has 0 aliphatic heterocycles. The maximum Gasteiger partial charge on any atom is 0.326 e. The molecule has 0 unspecified atom stereocenters. The minimum absolute atomic E-state index is 0.0390. The third-order valence-electron chi connectivity index (χ3n) is 2.40. The first-order valence-corrected chi connectivity index (χ1v) is 5.87. The smallest absolute Gasteiger partial charge is 0.326 e. The van der Waals surface area contributed by atoms with Crippen LogP contribution in [0.2, 0.25) is 0 Å². The topological polar surface area (TPSA) is 142 Å². The molecule has 110 valence electrons. The monoisotopic (exact) mass is 285 g/mol. The number of carbonyl (C=O) groups is 3. The van der Waals surface area contributed by atoms with E-state index >= 15 is 0 Å². The lowest BCUT2D eigenvalue weighted by atomic mass is 10.1. The van der Waals surface area contributed by atoms with Crippen molar-refractivity contribution in [3.05, 3.63) is 18.0 Å². The zero-order valence-electron chi connectivity index (χ0n) is 10.5. The highest BCUT2D eigenvalue weighted by Gasteiger charge is 2.19. The second-order valence-electron chi connectivity index (χ2n) is 3.98. The van der Waals surface area contributed by atoms with Gasteiger partial charge in [-0.2, -0.15) is 0 Å². The van der Waals surface area contributed by atoms with E-state index in [0.29, 0.717) is 5.76 Å². The predicted octanol–water partition coefficient (Wildman–Crippen LogP) is 0.182. The highest BCUT2D eigenvalue weighted by molar-refractivity contribution is 5.82. The van der Waals surface area contributed by atoms with Crippen LogP contribution < -0.4 is 10.6 Å². The Bertz CT molecular complexity index is 459. The number of carboxylic acid groups (broad SMARTS) is 2. The van der Waals surface area contributed by atoms with E-state index in [-0.39, 0.29) is 25.8 Å². The maximum atomic E-state index is 11.5. The van der Waals surface area contributed by atoms with E-state index in [9.17, 15) is 14.4 Å². The number of rotatable bonds is 8. The first-order chi connectivity index (χ1) is 9.49. The molecule has 1 heterocycles. The normalized spacial score (nSPS) is 11.6. The molecular formula is C11H15N3O6. The summed E-state index contributed by atoms with van der Waals surface area (Å²) in [5, 5.41) is 25.5. The average molecular weight is 285 g/mol. The Morgan fingerprint density at radius 2 is 2.10 bits per heavy atom. The molecule has 0 bridgehead atoms. The molecule has 1 aromatic heterocycles. The van der Waals surface area contributed by atoms with Crippen LogP contribution in [0.1, 0.15) is 25.0 Å². The SMILES string of the molecule is O=C(O)CCC[C@@H](NC(=O)NCc1ccno1)C(=O)O. The van der Waals surface area contributed by atoms with Gasteiger partial charge in [-0.05, 0) is 12.8 Å². The van der Waals surface area contributed by atoms with Gasteiger partial charge < -0.3 is 25.4 Å². The van der Waals surface area contributed by atoms with E-state index in [0.717, 1.165) is 0 Å². The summed E-state index contributed by atoms with van der Waals surface area (Å²) in [6, 6.07) is -0.254. The number of carbonyl (C=O) groups excluding carboxylic acids is 1. The second-order valence-corrected chi connectivity index (χ2v) is 3.98. The van der Waals surface area contributed by atoms with Crippen LogP contribution in [0.5, 0.6) is 0 Å². The van der Waals surface area contributed by atoms with Crippen molar-refractivity contribution < 1.29 is 29.1 Å². The molecule has 4 N–H and O–H groups in total. The fourth-order valence-corrected chi connectivity index (χ4v) is 1.42.